The molecule has 2 heterocycles. The van der Waals surface area contributed by atoms with Crippen molar-refractivity contribution in [3.63, 3.8) is 0 Å². The van der Waals surface area contributed by atoms with E-state index in [0.717, 1.165) is 19.4 Å². The van der Waals surface area contributed by atoms with Gasteiger partial charge in [-0.05, 0) is 50.7 Å². The fourth-order valence-corrected chi connectivity index (χ4v) is 2.65. The van der Waals surface area contributed by atoms with Gasteiger partial charge >= 0.3 is 0 Å². The molecule has 1 N–H and O–H groups in total. The molecule has 1 aliphatic rings. The van der Waals surface area contributed by atoms with E-state index in [1.165, 1.54) is 0 Å². The average Bonchev–Trinajstić information content (AvgIpc) is 2.96. The van der Waals surface area contributed by atoms with Crippen LogP contribution in [-0.4, -0.2) is 35.4 Å². The number of hydrogen-bond acceptors (Lipinski definition) is 4. The van der Waals surface area contributed by atoms with Gasteiger partial charge in [0.2, 0.25) is 5.91 Å². The smallest absolute Gasteiger partial charge is 0.241 e. The van der Waals surface area contributed by atoms with Gasteiger partial charge in [-0.15, -0.1) is 0 Å². The van der Waals surface area contributed by atoms with E-state index in [0.29, 0.717) is 17.2 Å². The largest absolute Gasteiger partial charge is 0.454 e. The van der Waals surface area contributed by atoms with E-state index in [1.807, 2.05) is 43.4 Å². The molecule has 114 valence electrons. The van der Waals surface area contributed by atoms with Crippen molar-refractivity contribution in [1.29, 1.82) is 0 Å². The molecule has 2 aromatic rings. The van der Waals surface area contributed by atoms with E-state index in [9.17, 15) is 4.79 Å². The Morgan fingerprint density at radius 2 is 2.18 bits per heavy atom. The summed E-state index contributed by atoms with van der Waals surface area (Å²) in [6.45, 7) is 0.964. The molecular weight excluding hydrogens is 278 g/mol. The predicted molar refractivity (Wildman–Crippen MR) is 85.0 cm³/mol. The zero-order valence-electron chi connectivity index (χ0n) is 12.5. The highest BCUT2D eigenvalue weighted by atomic mass is 16.5. The normalized spacial score (nSPS) is 18.1. The first-order valence-electron chi connectivity index (χ1n) is 7.42. The number of hydrogen-bond donors (Lipinski definition) is 1. The van der Waals surface area contributed by atoms with Crippen molar-refractivity contribution in [3.05, 3.63) is 48.8 Å². The number of ether oxygens (including phenoxy) is 1. The summed E-state index contributed by atoms with van der Waals surface area (Å²) in [5.74, 6) is 1.27. The molecule has 22 heavy (non-hydrogen) atoms. The standard InChI is InChI=1S/C17H19N3O2/c1-20-11-5-8-15(20)17(21)19-14-7-2-3-9-16(14)22-13-6-4-10-18-12-13/h2-4,6-7,9-10,12,15H,5,8,11H2,1H3,(H,19,21)/t15-/m0/s1. The average molecular weight is 297 g/mol. The van der Waals surface area contributed by atoms with E-state index in [2.05, 4.69) is 15.2 Å². The molecule has 1 atom stereocenters. The van der Waals surface area contributed by atoms with Crippen LogP contribution >= 0.6 is 0 Å². The SMILES string of the molecule is CN1CCC[C@H]1C(=O)Nc1ccccc1Oc1cccnc1. The highest BCUT2D eigenvalue weighted by Gasteiger charge is 2.28. The molecule has 5 nitrogen and oxygen atoms in total. The minimum atomic E-state index is -0.0635. The van der Waals surface area contributed by atoms with Crippen molar-refractivity contribution in [2.24, 2.45) is 0 Å². The molecule has 1 amide bonds. The maximum absolute atomic E-state index is 12.4. The minimum Gasteiger partial charge on any atom is -0.454 e. The van der Waals surface area contributed by atoms with Crippen molar-refractivity contribution in [3.8, 4) is 11.5 Å². The van der Waals surface area contributed by atoms with Crippen LogP contribution in [0.1, 0.15) is 12.8 Å². The topological polar surface area (TPSA) is 54.5 Å². The summed E-state index contributed by atoms with van der Waals surface area (Å²) in [6, 6.07) is 11.0. The lowest BCUT2D eigenvalue weighted by Crippen LogP contribution is -2.37. The summed E-state index contributed by atoms with van der Waals surface area (Å²) in [5, 5.41) is 2.98. The second kappa shape index (κ2) is 6.58. The number of carbonyl (C=O) groups excluding carboxylic acids is 1. The summed E-state index contributed by atoms with van der Waals surface area (Å²) in [6.07, 6.45) is 5.29. The lowest BCUT2D eigenvalue weighted by Gasteiger charge is -2.19. The van der Waals surface area contributed by atoms with Crippen LogP contribution in [0.2, 0.25) is 0 Å². The van der Waals surface area contributed by atoms with Crippen LogP contribution in [0, 0.1) is 0 Å². The van der Waals surface area contributed by atoms with Crippen molar-refractivity contribution in [2.75, 3.05) is 18.9 Å². The fraction of sp³-hybridized carbons (Fsp3) is 0.294. The van der Waals surface area contributed by atoms with Crippen LogP contribution in [0.5, 0.6) is 11.5 Å². The predicted octanol–water partition coefficient (Wildman–Crippen LogP) is 2.91. The number of para-hydroxylation sites is 2. The Hall–Kier alpha value is -2.40. The highest BCUT2D eigenvalue weighted by Crippen LogP contribution is 2.29. The molecule has 0 unspecified atom stereocenters. The first kappa shape index (κ1) is 14.5. The van der Waals surface area contributed by atoms with Crippen LogP contribution in [0.15, 0.2) is 48.8 Å². The van der Waals surface area contributed by atoms with E-state index in [-0.39, 0.29) is 11.9 Å². The molecule has 0 saturated carbocycles. The van der Waals surface area contributed by atoms with Gasteiger partial charge in [-0.1, -0.05) is 12.1 Å². The number of amides is 1. The quantitative estimate of drug-likeness (QED) is 0.942. The summed E-state index contributed by atoms with van der Waals surface area (Å²) in [5.41, 5.74) is 0.677. The Labute approximate surface area is 129 Å². The number of rotatable bonds is 4. The third kappa shape index (κ3) is 3.26. The number of carbonyl (C=O) groups is 1. The molecule has 1 aliphatic heterocycles. The Kier molecular flexibility index (Phi) is 4.34. The summed E-state index contributed by atoms with van der Waals surface area (Å²) in [4.78, 5) is 18.5. The summed E-state index contributed by atoms with van der Waals surface area (Å²) < 4.78 is 5.81. The number of nitrogens with one attached hydrogen (secondary N) is 1. The van der Waals surface area contributed by atoms with Gasteiger partial charge in [0.25, 0.3) is 0 Å². The number of likely N-dealkylation sites (N-methyl/N-ethyl adjacent to an activating group) is 1. The number of likely N-dealkylation sites (tertiary alicyclic amines) is 1. The van der Waals surface area contributed by atoms with Gasteiger partial charge in [0.15, 0.2) is 5.75 Å². The zero-order chi connectivity index (χ0) is 15.4. The lowest BCUT2D eigenvalue weighted by atomic mass is 10.2. The number of pyridine rings is 1. The maximum Gasteiger partial charge on any atom is 0.241 e. The highest BCUT2D eigenvalue weighted by molar-refractivity contribution is 5.96. The number of aromatic nitrogens is 1. The first-order chi connectivity index (χ1) is 10.7. The van der Waals surface area contributed by atoms with Crippen molar-refractivity contribution in [2.45, 2.75) is 18.9 Å². The Balaban J connectivity index is 1.75. The molecule has 3 rings (SSSR count). The van der Waals surface area contributed by atoms with Crippen LogP contribution in [-0.2, 0) is 4.79 Å². The van der Waals surface area contributed by atoms with Crippen molar-refractivity contribution in [1.82, 2.24) is 9.88 Å². The van der Waals surface area contributed by atoms with Gasteiger partial charge < -0.3 is 10.1 Å². The molecule has 1 fully saturated rings. The van der Waals surface area contributed by atoms with Crippen molar-refractivity contribution < 1.29 is 9.53 Å². The van der Waals surface area contributed by atoms with Crippen LogP contribution in [0.4, 0.5) is 5.69 Å². The molecule has 0 spiro atoms. The maximum atomic E-state index is 12.4. The third-order valence-corrected chi connectivity index (χ3v) is 3.83. The second-order valence-electron chi connectivity index (χ2n) is 5.41. The molecule has 1 aromatic carbocycles. The van der Waals surface area contributed by atoms with Gasteiger partial charge in [0.05, 0.1) is 17.9 Å². The van der Waals surface area contributed by atoms with E-state index >= 15 is 0 Å². The molecule has 5 heteroatoms. The number of benzene rings is 1. The second-order valence-corrected chi connectivity index (χ2v) is 5.41. The fourth-order valence-electron chi connectivity index (χ4n) is 2.65. The van der Waals surface area contributed by atoms with Gasteiger partial charge in [0, 0.05) is 6.20 Å². The third-order valence-electron chi connectivity index (χ3n) is 3.83. The lowest BCUT2D eigenvalue weighted by molar-refractivity contribution is -0.119. The number of anilines is 1. The monoisotopic (exact) mass is 297 g/mol. The molecule has 1 saturated heterocycles. The zero-order valence-corrected chi connectivity index (χ0v) is 12.5. The summed E-state index contributed by atoms with van der Waals surface area (Å²) in [7, 11) is 1.98. The number of nitrogens with zero attached hydrogens (tertiary/aromatic N) is 2. The molecular formula is C17H19N3O2. The van der Waals surface area contributed by atoms with Gasteiger partial charge in [0.1, 0.15) is 5.75 Å². The van der Waals surface area contributed by atoms with Gasteiger partial charge in [-0.3, -0.25) is 14.7 Å². The minimum absolute atomic E-state index is 0.0160. The van der Waals surface area contributed by atoms with Gasteiger partial charge in [-0.25, -0.2) is 0 Å². The van der Waals surface area contributed by atoms with E-state index in [1.54, 1.807) is 12.4 Å². The van der Waals surface area contributed by atoms with Crippen LogP contribution in [0.3, 0.4) is 0 Å². The molecule has 0 bridgehead atoms. The van der Waals surface area contributed by atoms with Crippen molar-refractivity contribution >= 4 is 11.6 Å². The molecule has 1 aromatic heterocycles. The molecule has 0 radical (unpaired) electrons. The van der Waals surface area contributed by atoms with E-state index < -0.39 is 0 Å². The first-order valence-corrected chi connectivity index (χ1v) is 7.42. The Bertz CT molecular complexity index is 645. The Morgan fingerprint density at radius 3 is 2.91 bits per heavy atom. The molecule has 0 aliphatic carbocycles. The van der Waals surface area contributed by atoms with Gasteiger partial charge in [-0.2, -0.15) is 0 Å². The summed E-state index contributed by atoms with van der Waals surface area (Å²) >= 11 is 0. The Morgan fingerprint density at radius 1 is 1.32 bits per heavy atom. The van der Waals surface area contributed by atoms with E-state index in [4.69, 9.17) is 4.74 Å². The van der Waals surface area contributed by atoms with Crippen LogP contribution in [0.25, 0.3) is 0 Å². The van der Waals surface area contributed by atoms with Crippen LogP contribution < -0.4 is 10.1 Å².